The maximum absolute atomic E-state index is 12.8. The Morgan fingerprint density at radius 3 is 2.78 bits per heavy atom. The average molecular weight is 389 g/mol. The molecule has 7 nitrogen and oxygen atoms in total. The Balaban J connectivity index is 1.34. The van der Waals surface area contributed by atoms with Gasteiger partial charge in [0.25, 0.3) is 5.91 Å². The molecule has 1 aromatic carbocycles. The molecule has 0 bridgehead atoms. The van der Waals surface area contributed by atoms with Crippen LogP contribution in [0.15, 0.2) is 18.2 Å². The van der Waals surface area contributed by atoms with Crippen LogP contribution in [-0.2, 0) is 17.9 Å². The number of aryl methyl sites for hydroxylation is 1. The van der Waals surface area contributed by atoms with Crippen molar-refractivity contribution >= 4 is 17.2 Å². The third-order valence-corrected chi connectivity index (χ3v) is 5.92. The first-order chi connectivity index (χ1) is 13.1. The lowest BCUT2D eigenvalue weighted by atomic mass is 10.1. The average Bonchev–Trinajstić information content (AvgIpc) is 3.28. The van der Waals surface area contributed by atoms with Gasteiger partial charge in [-0.25, -0.2) is 4.98 Å². The number of fused-ring (bicyclic) bond motifs is 1. The molecule has 1 saturated heterocycles. The molecule has 1 fully saturated rings. The van der Waals surface area contributed by atoms with Crippen LogP contribution in [0.25, 0.3) is 0 Å². The van der Waals surface area contributed by atoms with Gasteiger partial charge in [-0.15, -0.1) is 11.3 Å². The number of benzene rings is 1. The van der Waals surface area contributed by atoms with Crippen molar-refractivity contribution in [1.29, 1.82) is 0 Å². The summed E-state index contributed by atoms with van der Waals surface area (Å²) in [7, 11) is 1.64. The van der Waals surface area contributed by atoms with Crippen molar-refractivity contribution in [2.45, 2.75) is 20.1 Å². The SMILES string of the molecule is COCc1nc(C)c(C(=O)N2CCN(Cc3ccc4c(c3)OCO4)CC2)s1. The van der Waals surface area contributed by atoms with Crippen molar-refractivity contribution in [2.75, 3.05) is 40.1 Å². The lowest BCUT2D eigenvalue weighted by Crippen LogP contribution is -2.48. The highest BCUT2D eigenvalue weighted by atomic mass is 32.1. The fourth-order valence-electron chi connectivity index (χ4n) is 3.39. The highest BCUT2D eigenvalue weighted by Crippen LogP contribution is 2.33. The molecule has 144 valence electrons. The molecule has 2 aliphatic heterocycles. The summed E-state index contributed by atoms with van der Waals surface area (Å²) in [5, 5.41) is 0.847. The van der Waals surface area contributed by atoms with E-state index >= 15 is 0 Å². The van der Waals surface area contributed by atoms with Crippen molar-refractivity contribution in [1.82, 2.24) is 14.8 Å². The minimum atomic E-state index is 0.0788. The Bertz CT molecular complexity index is 830. The number of hydrogen-bond donors (Lipinski definition) is 0. The quantitative estimate of drug-likeness (QED) is 0.782. The second-order valence-corrected chi connectivity index (χ2v) is 7.79. The molecule has 0 N–H and O–H groups in total. The monoisotopic (exact) mass is 389 g/mol. The Labute approximate surface area is 162 Å². The number of thiazole rings is 1. The predicted molar refractivity (Wildman–Crippen MR) is 101 cm³/mol. The zero-order chi connectivity index (χ0) is 18.8. The number of piperazine rings is 1. The van der Waals surface area contributed by atoms with Crippen LogP contribution in [0.3, 0.4) is 0 Å². The first kappa shape index (κ1) is 18.2. The fraction of sp³-hybridized carbons (Fsp3) is 0.474. The van der Waals surface area contributed by atoms with E-state index in [1.165, 1.54) is 16.9 Å². The molecule has 4 rings (SSSR count). The Morgan fingerprint density at radius 1 is 1.22 bits per heavy atom. The normalized spacial score (nSPS) is 16.7. The van der Waals surface area contributed by atoms with Crippen molar-refractivity contribution in [3.8, 4) is 11.5 Å². The van der Waals surface area contributed by atoms with Gasteiger partial charge in [-0.05, 0) is 24.6 Å². The summed E-state index contributed by atoms with van der Waals surface area (Å²) in [6.07, 6.45) is 0. The molecular formula is C19H23N3O4S. The summed E-state index contributed by atoms with van der Waals surface area (Å²) in [6.45, 7) is 6.62. The Hall–Kier alpha value is -2.16. The van der Waals surface area contributed by atoms with Gasteiger partial charge in [-0.3, -0.25) is 9.69 Å². The zero-order valence-corrected chi connectivity index (χ0v) is 16.4. The second kappa shape index (κ2) is 7.84. The van der Waals surface area contributed by atoms with Gasteiger partial charge in [0.05, 0.1) is 12.3 Å². The van der Waals surface area contributed by atoms with Crippen LogP contribution in [0.2, 0.25) is 0 Å². The van der Waals surface area contributed by atoms with Crippen molar-refractivity contribution < 1.29 is 19.0 Å². The number of carbonyl (C=O) groups excluding carboxylic acids is 1. The van der Waals surface area contributed by atoms with Crippen LogP contribution in [0, 0.1) is 6.92 Å². The standard InChI is InChI=1S/C19H23N3O4S/c1-13-18(27-17(20-13)11-24-2)19(23)22-7-5-21(6-8-22)10-14-3-4-15-16(9-14)26-12-25-15/h3-4,9H,5-8,10-12H2,1-2H3. The smallest absolute Gasteiger partial charge is 0.265 e. The van der Waals surface area contributed by atoms with E-state index in [4.69, 9.17) is 14.2 Å². The summed E-state index contributed by atoms with van der Waals surface area (Å²) in [6, 6.07) is 6.07. The van der Waals surface area contributed by atoms with Crippen LogP contribution >= 0.6 is 11.3 Å². The van der Waals surface area contributed by atoms with Crippen molar-refractivity contribution in [3.05, 3.63) is 39.3 Å². The van der Waals surface area contributed by atoms with Gasteiger partial charge in [0.2, 0.25) is 6.79 Å². The van der Waals surface area contributed by atoms with E-state index in [1.54, 1.807) is 7.11 Å². The predicted octanol–water partition coefficient (Wildman–Crippen LogP) is 2.28. The highest BCUT2D eigenvalue weighted by Gasteiger charge is 2.25. The van der Waals surface area contributed by atoms with Gasteiger partial charge in [-0.1, -0.05) is 6.07 Å². The van der Waals surface area contributed by atoms with Crippen LogP contribution in [0.4, 0.5) is 0 Å². The maximum atomic E-state index is 12.8. The molecule has 0 saturated carbocycles. The van der Waals surface area contributed by atoms with E-state index in [2.05, 4.69) is 16.0 Å². The number of methoxy groups -OCH3 is 1. The lowest BCUT2D eigenvalue weighted by Gasteiger charge is -2.34. The largest absolute Gasteiger partial charge is 0.454 e. The molecule has 8 heteroatoms. The maximum Gasteiger partial charge on any atom is 0.265 e. The van der Waals surface area contributed by atoms with Crippen molar-refractivity contribution in [2.24, 2.45) is 0 Å². The van der Waals surface area contributed by atoms with Crippen LogP contribution < -0.4 is 9.47 Å². The second-order valence-electron chi connectivity index (χ2n) is 6.71. The van der Waals surface area contributed by atoms with E-state index < -0.39 is 0 Å². The van der Waals surface area contributed by atoms with Gasteiger partial charge in [0.15, 0.2) is 11.5 Å². The highest BCUT2D eigenvalue weighted by molar-refractivity contribution is 7.13. The molecule has 0 aliphatic carbocycles. The van der Waals surface area contributed by atoms with Gasteiger partial charge in [0.1, 0.15) is 9.88 Å². The molecule has 0 unspecified atom stereocenters. The number of amides is 1. The molecule has 27 heavy (non-hydrogen) atoms. The molecule has 0 radical (unpaired) electrons. The molecule has 1 amide bonds. The molecule has 2 aliphatic rings. The van der Waals surface area contributed by atoms with E-state index in [9.17, 15) is 4.79 Å². The van der Waals surface area contributed by atoms with Crippen LogP contribution in [-0.4, -0.2) is 60.8 Å². The minimum Gasteiger partial charge on any atom is -0.454 e. The molecule has 0 atom stereocenters. The molecular weight excluding hydrogens is 366 g/mol. The van der Waals surface area contributed by atoms with Crippen LogP contribution in [0.5, 0.6) is 11.5 Å². The van der Waals surface area contributed by atoms with Gasteiger partial charge in [0, 0.05) is 39.8 Å². The van der Waals surface area contributed by atoms with Gasteiger partial charge >= 0.3 is 0 Å². The van der Waals surface area contributed by atoms with Gasteiger partial charge < -0.3 is 19.1 Å². The van der Waals surface area contributed by atoms with E-state index in [1.807, 2.05) is 24.0 Å². The van der Waals surface area contributed by atoms with Gasteiger partial charge in [-0.2, -0.15) is 0 Å². The third kappa shape index (κ3) is 3.92. The third-order valence-electron chi connectivity index (χ3n) is 4.81. The summed E-state index contributed by atoms with van der Waals surface area (Å²) < 4.78 is 15.9. The zero-order valence-electron chi connectivity index (χ0n) is 15.6. The first-order valence-electron chi connectivity index (χ1n) is 8.99. The summed E-state index contributed by atoms with van der Waals surface area (Å²) >= 11 is 1.43. The Kier molecular flexibility index (Phi) is 5.29. The number of nitrogens with zero attached hydrogens (tertiary/aromatic N) is 3. The van der Waals surface area contributed by atoms with Crippen molar-refractivity contribution in [3.63, 3.8) is 0 Å². The van der Waals surface area contributed by atoms with E-state index in [0.29, 0.717) is 13.4 Å². The topological polar surface area (TPSA) is 64.1 Å². The number of rotatable bonds is 5. The number of aromatic nitrogens is 1. The molecule has 3 heterocycles. The first-order valence-corrected chi connectivity index (χ1v) is 9.81. The number of hydrogen-bond acceptors (Lipinski definition) is 7. The number of carbonyl (C=O) groups is 1. The molecule has 2 aromatic rings. The summed E-state index contributed by atoms with van der Waals surface area (Å²) in [5.74, 6) is 1.70. The number of ether oxygens (including phenoxy) is 3. The summed E-state index contributed by atoms with van der Waals surface area (Å²) in [4.78, 5) is 22.3. The molecule has 0 spiro atoms. The van der Waals surface area contributed by atoms with Crippen LogP contribution in [0.1, 0.15) is 25.9 Å². The van der Waals surface area contributed by atoms with E-state index in [0.717, 1.165) is 59.8 Å². The fourth-order valence-corrected chi connectivity index (χ4v) is 4.39. The molecule has 1 aromatic heterocycles. The summed E-state index contributed by atoms with van der Waals surface area (Å²) in [5.41, 5.74) is 1.99. The van der Waals surface area contributed by atoms with E-state index in [-0.39, 0.29) is 5.91 Å². The Morgan fingerprint density at radius 2 is 2.00 bits per heavy atom. The minimum absolute atomic E-state index is 0.0788. The lowest BCUT2D eigenvalue weighted by molar-refractivity contribution is 0.0632.